The van der Waals surface area contributed by atoms with E-state index in [1.165, 1.54) is 0 Å². The van der Waals surface area contributed by atoms with Gasteiger partial charge in [-0.25, -0.2) is 19.9 Å². The Morgan fingerprint density at radius 3 is 0.906 bits per heavy atom. The lowest BCUT2D eigenvalue weighted by Gasteiger charge is -2.15. The highest BCUT2D eigenvalue weighted by Gasteiger charge is 2.17. The lowest BCUT2D eigenvalue weighted by Crippen LogP contribution is -2.41. The Hall–Kier alpha value is -10.6. The first-order chi connectivity index (χ1) is 41.2. The third kappa shape index (κ3) is 12.3. The van der Waals surface area contributed by atoms with E-state index in [2.05, 4.69) is 65.5 Å². The Kier molecular flexibility index (Phi) is 15.4. The predicted molar refractivity (Wildman–Crippen MR) is 335 cm³/mol. The van der Waals surface area contributed by atoms with Crippen molar-refractivity contribution in [2.24, 2.45) is 0 Å². The minimum Gasteiger partial charge on any atom is -0.351 e. The van der Waals surface area contributed by atoms with Gasteiger partial charge in [0.15, 0.2) is 0 Å². The molecule has 18 nitrogen and oxygen atoms in total. The van der Waals surface area contributed by atoms with E-state index >= 15 is 0 Å². The lowest BCUT2D eigenvalue weighted by atomic mass is 10.0. The molecule has 4 heterocycles. The first kappa shape index (κ1) is 55.0. The van der Waals surface area contributed by atoms with Crippen molar-refractivity contribution >= 4 is 67.8 Å². The monoisotopic (exact) mass is 1130 g/mol. The molecule has 0 radical (unpaired) electrons. The van der Waals surface area contributed by atoms with E-state index in [0.29, 0.717) is 47.0 Å². The molecule has 0 aliphatic carbocycles. The van der Waals surface area contributed by atoms with Crippen molar-refractivity contribution in [1.29, 1.82) is 0 Å². The zero-order valence-electron chi connectivity index (χ0n) is 47.6. The number of amides is 4. The van der Waals surface area contributed by atoms with Gasteiger partial charge in [0.25, 0.3) is 23.6 Å². The van der Waals surface area contributed by atoms with E-state index in [0.717, 1.165) is 113 Å². The highest BCUT2D eigenvalue weighted by atomic mass is 16.2. The quantitative estimate of drug-likeness (QED) is 0.0381. The highest BCUT2D eigenvalue weighted by molar-refractivity contribution is 5.98. The number of likely N-dealkylation sites (N-methyl/N-ethyl adjacent to an activating group) is 2. The maximum absolute atomic E-state index is 13.3. The number of benzene rings is 8. The summed E-state index contributed by atoms with van der Waals surface area (Å²) in [7, 11) is 7.88. The van der Waals surface area contributed by atoms with Crippen LogP contribution in [0, 0.1) is 0 Å². The molecule has 424 valence electrons. The van der Waals surface area contributed by atoms with E-state index < -0.39 is 0 Å². The molecule has 0 bridgehead atoms. The van der Waals surface area contributed by atoms with Gasteiger partial charge in [0, 0.05) is 83.3 Å². The first-order valence-corrected chi connectivity index (χ1v) is 28.1. The number of rotatable bonds is 19. The van der Waals surface area contributed by atoms with Crippen LogP contribution in [0.25, 0.3) is 112 Å². The van der Waals surface area contributed by atoms with Gasteiger partial charge < -0.3 is 51.0 Å². The number of aromatic amines is 4. The number of fused-ring (bicyclic) bond motifs is 4. The van der Waals surface area contributed by atoms with Crippen LogP contribution in [0.2, 0.25) is 0 Å². The second-order valence-electron chi connectivity index (χ2n) is 21.8. The van der Waals surface area contributed by atoms with E-state index in [1.807, 2.05) is 166 Å². The topological polar surface area (TPSA) is 238 Å². The van der Waals surface area contributed by atoms with Gasteiger partial charge in [-0.15, -0.1) is 0 Å². The molecule has 4 amide bonds. The molecule has 0 fully saturated rings. The maximum atomic E-state index is 13.3. The number of aromatic nitrogens is 8. The van der Waals surface area contributed by atoms with E-state index in [4.69, 9.17) is 19.9 Å². The van der Waals surface area contributed by atoms with Gasteiger partial charge in [-0.1, -0.05) is 72.8 Å². The molecule has 4 aromatic heterocycles. The summed E-state index contributed by atoms with van der Waals surface area (Å²) in [5.74, 6) is 2.07. The number of nitrogens with one attached hydrogen (secondary N) is 8. The van der Waals surface area contributed by atoms with E-state index in [9.17, 15) is 19.2 Å². The van der Waals surface area contributed by atoms with Crippen LogP contribution >= 0.6 is 0 Å². The van der Waals surface area contributed by atoms with Crippen molar-refractivity contribution in [2.75, 3.05) is 60.9 Å². The lowest BCUT2D eigenvalue weighted by molar-refractivity contribution is 0.0912. The summed E-state index contributed by atoms with van der Waals surface area (Å²) in [6, 6.07) is 53.5. The number of H-pyrrole nitrogens is 4. The van der Waals surface area contributed by atoms with E-state index in [1.54, 1.807) is 24.3 Å². The fourth-order valence-corrected chi connectivity index (χ4v) is 10.1. The van der Waals surface area contributed by atoms with Gasteiger partial charge in [0.1, 0.15) is 23.3 Å². The molecular formula is C67H62N14O4. The number of carbonyl (C=O) groups excluding carboxylic acids is 4. The predicted octanol–water partition coefficient (Wildman–Crippen LogP) is 10.3. The average molecular weight is 1130 g/mol. The molecule has 0 aliphatic heterocycles. The number of hydrogen-bond acceptors (Lipinski definition) is 10. The Bertz CT molecular complexity index is 4440. The van der Waals surface area contributed by atoms with Crippen LogP contribution in [-0.4, -0.2) is 140 Å². The van der Waals surface area contributed by atoms with Gasteiger partial charge in [0.2, 0.25) is 0 Å². The fraction of sp³-hybridized carbons (Fsp3) is 0.164. The van der Waals surface area contributed by atoms with Crippen LogP contribution in [0.15, 0.2) is 170 Å². The number of carbonyl (C=O) groups is 4. The zero-order valence-corrected chi connectivity index (χ0v) is 47.6. The summed E-state index contributed by atoms with van der Waals surface area (Å²) in [6.07, 6.45) is 0. The summed E-state index contributed by atoms with van der Waals surface area (Å²) in [4.78, 5) is 89.0. The minimum atomic E-state index is -0.352. The van der Waals surface area contributed by atoms with Gasteiger partial charge in [-0.05, 0) is 154 Å². The summed E-state index contributed by atoms with van der Waals surface area (Å²) >= 11 is 0. The number of nitrogens with zero attached hydrogens (tertiary/aromatic N) is 6. The van der Waals surface area contributed by atoms with Crippen LogP contribution in [-0.2, 0) is 0 Å². The summed E-state index contributed by atoms with van der Waals surface area (Å²) < 4.78 is 0. The third-order valence-electron chi connectivity index (χ3n) is 14.9. The van der Waals surface area contributed by atoms with Crippen molar-refractivity contribution in [2.45, 2.75) is 13.0 Å². The normalized spacial score (nSPS) is 11.9. The third-order valence-corrected chi connectivity index (χ3v) is 14.9. The van der Waals surface area contributed by atoms with Crippen molar-refractivity contribution < 1.29 is 19.2 Å². The second-order valence-corrected chi connectivity index (χ2v) is 21.8. The molecule has 8 aromatic carbocycles. The molecule has 0 spiro atoms. The van der Waals surface area contributed by atoms with Gasteiger partial charge in [0.05, 0.1) is 44.1 Å². The van der Waals surface area contributed by atoms with Crippen molar-refractivity contribution in [3.05, 3.63) is 192 Å². The van der Waals surface area contributed by atoms with Crippen molar-refractivity contribution in [3.63, 3.8) is 0 Å². The molecule has 0 saturated carbocycles. The molecule has 12 rings (SSSR count). The summed E-state index contributed by atoms with van der Waals surface area (Å²) in [5, 5.41) is 11.8. The smallest absolute Gasteiger partial charge is 0.251 e. The Balaban J connectivity index is 0.622. The van der Waals surface area contributed by atoms with Crippen LogP contribution in [0.1, 0.15) is 48.4 Å². The molecule has 0 aliphatic rings. The zero-order chi connectivity index (χ0) is 58.7. The summed E-state index contributed by atoms with van der Waals surface area (Å²) in [5.41, 5.74) is 16.4. The molecule has 12 aromatic rings. The van der Waals surface area contributed by atoms with Crippen LogP contribution in [0.4, 0.5) is 0 Å². The largest absolute Gasteiger partial charge is 0.351 e. The SMILES string of the molecule is C[C@H](CNC(=O)c1ccc(-c2nc3ccc(-c4ccc5nc(-c6ccc(C(=O)NCCN(C)C)cc6)[nH]c5c4)cc3[nH]2)cc1)NC(=O)c1ccc(-c2nc3ccc(-c4ccc5nc(-c6ccc(C(=O)NCCN(C)C)cc6)[nH]c5c4)cc3[nH]2)cc1. The fourth-order valence-electron chi connectivity index (χ4n) is 10.1. The molecule has 8 N–H and O–H groups in total. The van der Waals surface area contributed by atoms with Crippen LogP contribution < -0.4 is 21.3 Å². The molecule has 0 saturated heterocycles. The van der Waals surface area contributed by atoms with Crippen LogP contribution in [0.5, 0.6) is 0 Å². The highest BCUT2D eigenvalue weighted by Crippen LogP contribution is 2.32. The maximum Gasteiger partial charge on any atom is 0.251 e. The molecule has 85 heavy (non-hydrogen) atoms. The Morgan fingerprint density at radius 2 is 0.624 bits per heavy atom. The molecular weight excluding hydrogens is 1060 g/mol. The van der Waals surface area contributed by atoms with E-state index in [-0.39, 0.29) is 36.2 Å². The second kappa shape index (κ2) is 23.7. The Labute approximate surface area is 489 Å². The van der Waals surface area contributed by atoms with Crippen molar-refractivity contribution in [1.82, 2.24) is 70.9 Å². The summed E-state index contributed by atoms with van der Waals surface area (Å²) in [6.45, 7) is 4.76. The first-order valence-electron chi connectivity index (χ1n) is 28.1. The van der Waals surface area contributed by atoms with Crippen LogP contribution in [0.3, 0.4) is 0 Å². The van der Waals surface area contributed by atoms with Crippen molar-refractivity contribution in [3.8, 4) is 67.8 Å². The molecule has 1 atom stereocenters. The number of hydrogen-bond donors (Lipinski definition) is 8. The standard InChI is InChI=1S/C67H62N14O4/c1-39(71-67(85)47-20-12-43(13-21-47)63-75-55-29-25-51(37-59(55)79-63)49-23-27-53-57(35-49)77-61(73-53)41-8-16-45(17-9-41)65(83)69-31-33-81(4)5)38-70-66(84)46-18-10-42(11-19-46)62-74-54-28-24-50(36-58(54)78-62)48-22-26-52-56(34-48)76-60(72-52)40-6-14-44(15-7-40)64(82)68-30-32-80(2)3/h6-29,34-37,39H,30-33,38H2,1-5H3,(H,68,82)(H,69,83)(H,70,84)(H,71,85)(H,72,76)(H,73,77)(H,74,78)(H,75,79)/t39-/m1/s1. The molecule has 18 heteroatoms. The number of imidazole rings is 4. The average Bonchev–Trinajstić information content (AvgIpc) is 4.14. The Morgan fingerprint density at radius 1 is 0.365 bits per heavy atom. The van der Waals surface area contributed by atoms with Gasteiger partial charge in [-0.3, -0.25) is 19.2 Å². The van der Waals surface area contributed by atoms with Gasteiger partial charge >= 0.3 is 0 Å². The molecule has 0 unspecified atom stereocenters. The van der Waals surface area contributed by atoms with Gasteiger partial charge in [-0.2, -0.15) is 0 Å². The minimum absolute atomic E-state index is 0.105.